The number of imidazole rings is 1. The average Bonchev–Trinajstić information content (AvgIpc) is 3.01. The topological polar surface area (TPSA) is 73.5 Å². The van der Waals surface area contributed by atoms with Gasteiger partial charge in [0.2, 0.25) is 0 Å². The first kappa shape index (κ1) is 26.3. The summed E-state index contributed by atoms with van der Waals surface area (Å²) in [5.41, 5.74) is 3.88. The second-order valence-electron chi connectivity index (χ2n) is 10.1. The summed E-state index contributed by atoms with van der Waals surface area (Å²) in [6.45, 7) is 8.75. The van der Waals surface area contributed by atoms with E-state index in [0.717, 1.165) is 17.5 Å². The molecule has 0 unspecified atom stereocenters. The lowest BCUT2D eigenvalue weighted by Gasteiger charge is -2.27. The summed E-state index contributed by atoms with van der Waals surface area (Å²) in [6, 6.07) is 13.6. The van der Waals surface area contributed by atoms with Gasteiger partial charge in [0.05, 0.1) is 11.0 Å². The molecule has 0 saturated carbocycles. The first-order chi connectivity index (χ1) is 16.5. The number of ether oxygens (including phenoxy) is 1. The average molecular weight is 480 g/mol. The second kappa shape index (κ2) is 10.9. The van der Waals surface area contributed by atoms with Gasteiger partial charge in [-0.05, 0) is 76.3 Å². The third-order valence-corrected chi connectivity index (χ3v) is 6.24. The standard InChI is InChI=1S/C28H37N3O4/c1-20-11-7-8-12-21(20)16-18-31(27(34)35-28(2,3)4)17-10-9-13-25(32)22-14-15-23-24(19-22)30(6)26(33)29(23)5/h7-8,11-12,14-15,19H,9-10,13,16-18H2,1-6H3. The maximum atomic E-state index is 12.8. The molecule has 3 aromatic rings. The number of amides is 1. The van der Waals surface area contributed by atoms with Crippen LogP contribution in [0.1, 0.15) is 61.5 Å². The number of fused-ring (bicyclic) bond motifs is 1. The van der Waals surface area contributed by atoms with E-state index in [9.17, 15) is 14.4 Å². The van der Waals surface area contributed by atoms with Crippen molar-refractivity contribution in [3.63, 3.8) is 0 Å². The molecule has 2 aromatic carbocycles. The lowest BCUT2D eigenvalue weighted by atomic mass is 10.0. The van der Waals surface area contributed by atoms with Crippen LogP contribution in [0.2, 0.25) is 0 Å². The highest BCUT2D eigenvalue weighted by Crippen LogP contribution is 2.17. The van der Waals surface area contributed by atoms with Gasteiger partial charge in [-0.25, -0.2) is 9.59 Å². The van der Waals surface area contributed by atoms with Gasteiger partial charge in [-0.1, -0.05) is 24.3 Å². The van der Waals surface area contributed by atoms with Crippen molar-refractivity contribution in [3.05, 3.63) is 69.6 Å². The Morgan fingerprint density at radius 3 is 2.31 bits per heavy atom. The highest BCUT2D eigenvalue weighted by molar-refractivity contribution is 5.99. The minimum absolute atomic E-state index is 0.0342. The molecule has 0 saturated heterocycles. The van der Waals surface area contributed by atoms with E-state index in [-0.39, 0.29) is 17.6 Å². The van der Waals surface area contributed by atoms with E-state index >= 15 is 0 Å². The maximum Gasteiger partial charge on any atom is 0.410 e. The number of aryl methyl sites for hydroxylation is 3. The smallest absolute Gasteiger partial charge is 0.410 e. The molecule has 0 aliphatic heterocycles. The monoisotopic (exact) mass is 479 g/mol. The minimum atomic E-state index is -0.565. The fourth-order valence-electron chi connectivity index (χ4n) is 4.18. The van der Waals surface area contributed by atoms with Crippen LogP contribution in [-0.4, -0.2) is 44.6 Å². The number of carbonyl (C=O) groups excluding carboxylic acids is 2. The molecule has 0 aliphatic carbocycles. The molecule has 0 bridgehead atoms. The van der Waals surface area contributed by atoms with Crippen molar-refractivity contribution in [2.75, 3.05) is 13.1 Å². The Labute approximate surface area is 207 Å². The number of rotatable bonds is 9. The number of hydrogen-bond donors (Lipinski definition) is 0. The molecule has 1 heterocycles. The van der Waals surface area contributed by atoms with Crippen LogP contribution in [0.25, 0.3) is 11.0 Å². The van der Waals surface area contributed by atoms with Crippen LogP contribution < -0.4 is 5.69 Å². The van der Waals surface area contributed by atoms with Crippen molar-refractivity contribution in [2.45, 2.75) is 59.0 Å². The Kier molecular flexibility index (Phi) is 8.20. The molecule has 188 valence electrons. The van der Waals surface area contributed by atoms with E-state index in [4.69, 9.17) is 4.74 Å². The number of hydrogen-bond acceptors (Lipinski definition) is 4. The highest BCUT2D eigenvalue weighted by Gasteiger charge is 2.22. The molecular weight excluding hydrogens is 442 g/mol. The number of carbonyl (C=O) groups is 2. The molecule has 1 aromatic heterocycles. The van der Waals surface area contributed by atoms with Crippen molar-refractivity contribution >= 4 is 22.9 Å². The summed E-state index contributed by atoms with van der Waals surface area (Å²) in [4.78, 5) is 39.5. The van der Waals surface area contributed by atoms with Crippen molar-refractivity contribution in [1.29, 1.82) is 0 Å². The van der Waals surface area contributed by atoms with Gasteiger partial charge < -0.3 is 9.64 Å². The zero-order valence-electron chi connectivity index (χ0n) is 21.8. The number of ketones is 1. The molecule has 7 heteroatoms. The van der Waals surface area contributed by atoms with Crippen LogP contribution in [0, 0.1) is 6.92 Å². The summed E-state index contributed by atoms with van der Waals surface area (Å²) in [7, 11) is 3.43. The molecule has 0 spiro atoms. The van der Waals surface area contributed by atoms with Crippen molar-refractivity contribution < 1.29 is 14.3 Å². The van der Waals surface area contributed by atoms with E-state index in [0.29, 0.717) is 37.9 Å². The predicted molar refractivity (Wildman–Crippen MR) is 139 cm³/mol. The Morgan fingerprint density at radius 2 is 1.63 bits per heavy atom. The second-order valence-corrected chi connectivity index (χ2v) is 10.1. The van der Waals surface area contributed by atoms with E-state index in [1.165, 1.54) is 11.1 Å². The molecule has 1 amide bonds. The zero-order chi connectivity index (χ0) is 25.8. The minimum Gasteiger partial charge on any atom is -0.444 e. The van der Waals surface area contributed by atoms with Crippen molar-refractivity contribution in [3.8, 4) is 0 Å². The molecule has 3 rings (SSSR count). The maximum absolute atomic E-state index is 12.8. The Balaban J connectivity index is 1.59. The molecule has 0 aliphatic rings. The van der Waals surface area contributed by atoms with Crippen molar-refractivity contribution in [1.82, 2.24) is 14.0 Å². The van der Waals surface area contributed by atoms with Gasteiger partial charge in [-0.3, -0.25) is 13.9 Å². The first-order valence-corrected chi connectivity index (χ1v) is 12.2. The predicted octanol–water partition coefficient (Wildman–Crippen LogP) is 5.02. The van der Waals surface area contributed by atoms with Crippen molar-refractivity contribution in [2.24, 2.45) is 14.1 Å². The first-order valence-electron chi connectivity index (χ1n) is 12.2. The van der Waals surface area contributed by atoms with Crippen LogP contribution in [0.15, 0.2) is 47.3 Å². The molecule has 7 nitrogen and oxygen atoms in total. The number of Topliss-reactive ketones (excluding diaryl/α,β-unsaturated/α-hetero) is 1. The number of unbranched alkanes of at least 4 members (excludes halogenated alkanes) is 1. The third kappa shape index (κ3) is 6.62. The highest BCUT2D eigenvalue weighted by atomic mass is 16.6. The molecule has 0 atom stereocenters. The summed E-state index contributed by atoms with van der Waals surface area (Å²) in [6.07, 6.45) is 2.17. The van der Waals surface area contributed by atoms with Gasteiger partial charge in [0.1, 0.15) is 5.60 Å². The fourth-order valence-corrected chi connectivity index (χ4v) is 4.18. The van der Waals surface area contributed by atoms with E-state index in [1.807, 2.05) is 39.0 Å². The SMILES string of the molecule is Cc1ccccc1CCN(CCCCC(=O)c1ccc2c(c1)n(C)c(=O)n2C)C(=O)OC(C)(C)C. The quantitative estimate of drug-likeness (QED) is 0.319. The van der Waals surface area contributed by atoms with E-state index < -0.39 is 5.60 Å². The zero-order valence-corrected chi connectivity index (χ0v) is 21.8. The van der Waals surface area contributed by atoms with Gasteiger partial charge in [-0.2, -0.15) is 0 Å². The normalized spacial score (nSPS) is 11.6. The Morgan fingerprint density at radius 1 is 0.943 bits per heavy atom. The summed E-state index contributed by atoms with van der Waals surface area (Å²) in [5.74, 6) is 0.0342. The van der Waals surface area contributed by atoms with Gasteiger partial charge in [0.15, 0.2) is 5.78 Å². The Bertz CT molecular complexity index is 1260. The van der Waals surface area contributed by atoms with E-state index in [1.54, 1.807) is 40.3 Å². The molecule has 35 heavy (non-hydrogen) atoms. The molecule has 0 N–H and O–H groups in total. The summed E-state index contributed by atoms with van der Waals surface area (Å²) >= 11 is 0. The van der Waals surface area contributed by atoms with Crippen LogP contribution in [0.5, 0.6) is 0 Å². The lowest BCUT2D eigenvalue weighted by Crippen LogP contribution is -2.38. The summed E-state index contributed by atoms with van der Waals surface area (Å²) < 4.78 is 8.75. The molecule has 0 radical (unpaired) electrons. The number of aromatic nitrogens is 2. The fraction of sp³-hybridized carbons (Fsp3) is 0.464. The third-order valence-electron chi connectivity index (χ3n) is 6.24. The largest absolute Gasteiger partial charge is 0.444 e. The van der Waals surface area contributed by atoms with Crippen LogP contribution in [-0.2, 0) is 25.3 Å². The van der Waals surface area contributed by atoms with Crippen LogP contribution >= 0.6 is 0 Å². The van der Waals surface area contributed by atoms with Crippen LogP contribution in [0.3, 0.4) is 0 Å². The summed E-state index contributed by atoms with van der Waals surface area (Å²) in [5, 5.41) is 0. The number of benzene rings is 2. The van der Waals surface area contributed by atoms with Gasteiger partial charge in [-0.15, -0.1) is 0 Å². The van der Waals surface area contributed by atoms with Gasteiger partial charge in [0.25, 0.3) is 0 Å². The Hall–Kier alpha value is -3.35. The molecule has 0 fully saturated rings. The lowest BCUT2D eigenvalue weighted by molar-refractivity contribution is 0.0249. The van der Waals surface area contributed by atoms with Crippen LogP contribution in [0.4, 0.5) is 4.79 Å². The van der Waals surface area contributed by atoms with Gasteiger partial charge in [0, 0.05) is 39.2 Å². The van der Waals surface area contributed by atoms with E-state index in [2.05, 4.69) is 19.1 Å². The molecular formula is C28H37N3O4. The van der Waals surface area contributed by atoms with Gasteiger partial charge >= 0.3 is 11.8 Å². The number of nitrogens with zero attached hydrogens (tertiary/aromatic N) is 3.